The molecule has 0 radical (unpaired) electrons. The molecule has 4 aromatic rings. The molecule has 50 heavy (non-hydrogen) atoms. The van der Waals surface area contributed by atoms with E-state index in [1.54, 1.807) is 18.2 Å². The van der Waals surface area contributed by atoms with Gasteiger partial charge in [-0.3, -0.25) is 14.2 Å². The second-order valence-electron chi connectivity index (χ2n) is 10.6. The molecule has 0 aliphatic heterocycles. The number of ether oxygens (including phenoxy) is 2. The molecule has 0 bridgehead atoms. The van der Waals surface area contributed by atoms with Gasteiger partial charge in [0.15, 0.2) is 34.5 Å². The normalized spacial score (nSPS) is 11.6. The van der Waals surface area contributed by atoms with Crippen LogP contribution in [0.5, 0.6) is 34.5 Å². The molecule has 0 saturated carbocycles. The van der Waals surface area contributed by atoms with Crippen molar-refractivity contribution in [3.05, 3.63) is 77.9 Å². The number of hydrogen-bond donors (Lipinski definition) is 9. The lowest BCUT2D eigenvalue weighted by atomic mass is 10.1. The number of nitrogens with one attached hydrogen (secondary N) is 3. The Morgan fingerprint density at radius 2 is 1.24 bits per heavy atom. The number of aromatic hydroxyl groups is 4. The highest BCUT2D eigenvalue weighted by atomic mass is 32.2. The van der Waals surface area contributed by atoms with Crippen LogP contribution in [-0.4, -0.2) is 83.0 Å². The molecule has 16 nitrogen and oxygen atoms in total. The largest absolute Gasteiger partial charge is 0.504 e. The van der Waals surface area contributed by atoms with Gasteiger partial charge in [-0.25, -0.2) is 8.42 Å². The quantitative estimate of drug-likeness (QED) is 0.0427. The van der Waals surface area contributed by atoms with E-state index in [-0.39, 0.29) is 53.1 Å². The van der Waals surface area contributed by atoms with Gasteiger partial charge < -0.3 is 50.3 Å². The second-order valence-corrected chi connectivity index (χ2v) is 15.3. The first kappa shape index (κ1) is 38.0. The molecule has 19 heteroatoms. The van der Waals surface area contributed by atoms with Gasteiger partial charge in [0.1, 0.15) is 10.5 Å². The van der Waals surface area contributed by atoms with Gasteiger partial charge in [0.2, 0.25) is 0 Å². The lowest BCUT2D eigenvalue weighted by Gasteiger charge is -2.15. The van der Waals surface area contributed by atoms with E-state index in [0.717, 1.165) is 23.5 Å². The van der Waals surface area contributed by atoms with Crippen LogP contribution in [0.2, 0.25) is 0 Å². The lowest BCUT2D eigenvalue weighted by molar-refractivity contribution is 0.0942. The van der Waals surface area contributed by atoms with Gasteiger partial charge in [-0.15, -0.1) is 11.3 Å². The van der Waals surface area contributed by atoms with Crippen LogP contribution in [-0.2, 0) is 14.6 Å². The minimum atomic E-state index is -4.62. The zero-order chi connectivity index (χ0) is 36.5. The van der Waals surface area contributed by atoms with Crippen molar-refractivity contribution in [1.29, 1.82) is 0 Å². The van der Waals surface area contributed by atoms with Crippen molar-refractivity contribution in [2.45, 2.75) is 17.1 Å². The maximum atomic E-state index is 12.6. The predicted octanol–water partition coefficient (Wildman–Crippen LogP) is 3.05. The van der Waals surface area contributed by atoms with Gasteiger partial charge in [0.05, 0.1) is 13.2 Å². The van der Waals surface area contributed by atoms with Crippen molar-refractivity contribution in [1.82, 2.24) is 15.4 Å². The van der Waals surface area contributed by atoms with Crippen molar-refractivity contribution >= 4 is 40.8 Å². The van der Waals surface area contributed by atoms with Gasteiger partial charge in [0.25, 0.3) is 21.8 Å². The predicted molar refractivity (Wildman–Crippen MR) is 181 cm³/mol. The van der Waals surface area contributed by atoms with Crippen LogP contribution in [0.4, 0.5) is 0 Å². The Labute approximate surface area is 290 Å². The van der Waals surface area contributed by atoms with Gasteiger partial charge in [-0.1, -0.05) is 0 Å². The summed E-state index contributed by atoms with van der Waals surface area (Å²) in [6.45, 7) is 0.685. The standard InChI is InChI=1S/C31H34N3O13PS2/c35-22-6-3-20(15-24(22)37)30(39)32-11-1-13-46-26-8-5-19(28-9-10-29(49-28)50(44,45)34-18-48(41,42)43)17-27(26)47-14-2-12-33-31(40)21-4-7-23(36)25(38)16-21/h3-10,15-17,34-38H,1-2,11-14,18H2,(H,32,39)(H,33,40)(H2,41,42,43). The molecule has 2 amide bonds. The first-order valence-electron chi connectivity index (χ1n) is 14.8. The van der Waals surface area contributed by atoms with Crippen molar-refractivity contribution in [2.75, 3.05) is 32.6 Å². The molecular weight excluding hydrogens is 717 g/mol. The number of carbonyl (C=O) groups excluding carboxylic acids is 2. The Kier molecular flexibility index (Phi) is 12.7. The fourth-order valence-corrected chi connectivity index (χ4v) is 7.56. The van der Waals surface area contributed by atoms with Crippen LogP contribution in [0.25, 0.3) is 10.4 Å². The SMILES string of the molecule is O=C(NCCCOc1ccc(-c2ccc(S(=O)(=O)NCP(=O)(O)O)s2)cc1OCCCNC(=O)c1ccc(O)c(O)c1)c1ccc(O)c(O)c1. The number of phenols is 4. The molecule has 9 N–H and O–H groups in total. The van der Waals surface area contributed by atoms with E-state index in [9.17, 15) is 43.0 Å². The zero-order valence-corrected chi connectivity index (χ0v) is 28.6. The number of thiophene rings is 1. The Hall–Kier alpha value is -4.84. The minimum absolute atomic E-state index is 0.118. The molecule has 3 aromatic carbocycles. The maximum Gasteiger partial charge on any atom is 0.340 e. The van der Waals surface area contributed by atoms with Gasteiger partial charge in [-0.05, 0) is 85.1 Å². The summed E-state index contributed by atoms with van der Waals surface area (Å²) in [5, 5.41) is 43.5. The molecular formula is C31H34N3O13PS2. The number of carbonyl (C=O) groups is 2. The number of phenolic OH excluding ortho intramolecular Hbond substituents is 4. The third kappa shape index (κ3) is 10.8. The Balaban J connectivity index is 1.39. The summed E-state index contributed by atoms with van der Waals surface area (Å²) < 4.78 is 49.9. The van der Waals surface area contributed by atoms with E-state index in [1.807, 2.05) is 4.72 Å². The summed E-state index contributed by atoms with van der Waals surface area (Å²) >= 11 is 0.869. The number of benzene rings is 3. The summed E-state index contributed by atoms with van der Waals surface area (Å²) in [5.41, 5.74) is 0.863. The zero-order valence-electron chi connectivity index (χ0n) is 26.1. The number of rotatable bonds is 17. The minimum Gasteiger partial charge on any atom is -0.504 e. The van der Waals surface area contributed by atoms with Crippen LogP contribution < -0.4 is 24.8 Å². The average Bonchev–Trinajstić information content (AvgIpc) is 3.58. The smallest absolute Gasteiger partial charge is 0.340 e. The summed E-state index contributed by atoms with van der Waals surface area (Å²) in [7, 11) is -8.81. The lowest BCUT2D eigenvalue weighted by Crippen LogP contribution is -2.25. The fourth-order valence-electron chi connectivity index (χ4n) is 4.20. The van der Waals surface area contributed by atoms with E-state index in [0.29, 0.717) is 34.8 Å². The molecule has 268 valence electrons. The van der Waals surface area contributed by atoms with Crippen LogP contribution in [0.1, 0.15) is 33.6 Å². The van der Waals surface area contributed by atoms with Crippen molar-refractivity contribution in [3.8, 4) is 44.9 Å². The number of amides is 2. The summed E-state index contributed by atoms with van der Waals surface area (Å²) in [6, 6.07) is 15.1. The fraction of sp³-hybridized carbons (Fsp3) is 0.226. The van der Waals surface area contributed by atoms with E-state index in [4.69, 9.17) is 19.3 Å². The van der Waals surface area contributed by atoms with Crippen molar-refractivity contribution < 1.29 is 62.3 Å². The Bertz CT molecular complexity index is 2000. The second kappa shape index (κ2) is 16.7. The first-order valence-corrected chi connectivity index (χ1v) is 18.9. The van der Waals surface area contributed by atoms with Crippen molar-refractivity contribution in [2.24, 2.45) is 0 Å². The highest BCUT2D eigenvalue weighted by Gasteiger charge is 2.23. The van der Waals surface area contributed by atoms with Crippen LogP contribution in [0.15, 0.2) is 70.9 Å². The maximum absolute atomic E-state index is 12.6. The third-order valence-electron chi connectivity index (χ3n) is 6.74. The van der Waals surface area contributed by atoms with Crippen molar-refractivity contribution in [3.63, 3.8) is 0 Å². The van der Waals surface area contributed by atoms with E-state index in [2.05, 4.69) is 10.6 Å². The molecule has 0 unspecified atom stereocenters. The van der Waals surface area contributed by atoms with Gasteiger partial charge in [0, 0.05) is 29.1 Å². The van der Waals surface area contributed by atoms with Crippen LogP contribution >= 0.6 is 18.9 Å². The monoisotopic (exact) mass is 751 g/mol. The highest BCUT2D eigenvalue weighted by molar-refractivity contribution is 7.92. The Morgan fingerprint density at radius 1 is 0.700 bits per heavy atom. The number of hydrogen-bond acceptors (Lipinski definition) is 12. The molecule has 0 aliphatic carbocycles. The summed E-state index contributed by atoms with van der Waals surface area (Å²) in [5.74, 6) is -1.86. The first-order chi connectivity index (χ1) is 23.6. The molecule has 0 atom stereocenters. The van der Waals surface area contributed by atoms with Gasteiger partial charge in [-0.2, -0.15) is 4.72 Å². The summed E-state index contributed by atoms with van der Waals surface area (Å²) in [4.78, 5) is 43.3. The molecule has 0 aliphatic rings. The Morgan fingerprint density at radius 3 is 1.76 bits per heavy atom. The average molecular weight is 752 g/mol. The van der Waals surface area contributed by atoms with E-state index >= 15 is 0 Å². The molecule has 4 rings (SSSR count). The van der Waals surface area contributed by atoms with Crippen LogP contribution in [0.3, 0.4) is 0 Å². The summed E-state index contributed by atoms with van der Waals surface area (Å²) in [6.07, 6.45) is -0.316. The molecule has 0 saturated heterocycles. The van der Waals surface area contributed by atoms with Gasteiger partial charge >= 0.3 is 7.60 Å². The third-order valence-corrected chi connectivity index (χ3v) is 10.6. The topological polar surface area (TPSA) is 261 Å². The highest BCUT2D eigenvalue weighted by Crippen LogP contribution is 2.38. The molecule has 0 spiro atoms. The van der Waals surface area contributed by atoms with E-state index < -0.39 is 47.2 Å². The van der Waals surface area contributed by atoms with E-state index in [1.165, 1.54) is 36.4 Å². The van der Waals surface area contributed by atoms with Crippen LogP contribution in [0, 0.1) is 0 Å². The molecule has 1 heterocycles. The molecule has 1 aromatic heterocycles. The molecule has 0 fully saturated rings. The number of sulfonamides is 1.